The van der Waals surface area contributed by atoms with Gasteiger partial charge in [-0.15, -0.1) is 0 Å². The summed E-state index contributed by atoms with van der Waals surface area (Å²) in [5.74, 6) is 0.264. The van der Waals surface area contributed by atoms with E-state index < -0.39 is 37.8 Å². The maximum Gasteiger partial charge on any atom is 0.298 e. The van der Waals surface area contributed by atoms with Crippen LogP contribution < -0.4 is 9.86 Å². The molecule has 0 aromatic carbocycles. The summed E-state index contributed by atoms with van der Waals surface area (Å²) in [5.41, 5.74) is -0.995. The van der Waals surface area contributed by atoms with Crippen molar-refractivity contribution in [3.8, 4) is 0 Å². The van der Waals surface area contributed by atoms with Crippen LogP contribution in [0.2, 0.25) is 0 Å². The van der Waals surface area contributed by atoms with E-state index in [1.807, 2.05) is 0 Å². The highest BCUT2D eigenvalue weighted by Crippen LogP contribution is 2.39. The normalized spacial score (nSPS) is 24.5. The van der Waals surface area contributed by atoms with Crippen molar-refractivity contribution < 1.29 is 26.3 Å². The highest BCUT2D eigenvalue weighted by molar-refractivity contribution is 8.06. The van der Waals surface area contributed by atoms with Crippen molar-refractivity contribution in [2.45, 2.75) is 37.9 Å². The van der Waals surface area contributed by atoms with Crippen molar-refractivity contribution in [1.82, 2.24) is 13.3 Å². The van der Waals surface area contributed by atoms with Gasteiger partial charge in [-0.2, -0.15) is 21.6 Å². The van der Waals surface area contributed by atoms with Crippen LogP contribution in [0.25, 0.3) is 0 Å². The molecule has 0 amide bonds. The first-order valence-electron chi connectivity index (χ1n) is 6.78. The van der Waals surface area contributed by atoms with Gasteiger partial charge in [-0.05, 0) is 30.9 Å². The molecule has 1 saturated heterocycles. The quantitative estimate of drug-likeness (QED) is 0.478. The van der Waals surface area contributed by atoms with E-state index in [1.54, 1.807) is 0 Å². The summed E-state index contributed by atoms with van der Waals surface area (Å²) < 4.78 is 63.1. The smallest absolute Gasteiger partial charge is 0.298 e. The second-order valence-corrected chi connectivity index (χ2v) is 10.4. The number of hydrogen-bond acceptors (Lipinski definition) is 7. The van der Waals surface area contributed by atoms with Gasteiger partial charge in [-0.1, -0.05) is 11.8 Å². The molecule has 4 N–H and O–H groups in total. The molecule has 23 heavy (non-hydrogen) atoms. The fourth-order valence-corrected chi connectivity index (χ4v) is 7.01. The van der Waals surface area contributed by atoms with Gasteiger partial charge in [0.15, 0.2) is 0 Å². The fourth-order valence-electron chi connectivity index (χ4n) is 2.09. The highest BCUT2D eigenvalue weighted by Gasteiger charge is 2.56. The van der Waals surface area contributed by atoms with Crippen molar-refractivity contribution in [3.05, 3.63) is 0 Å². The maximum absolute atomic E-state index is 12.5. The summed E-state index contributed by atoms with van der Waals surface area (Å²) in [4.78, 5) is 1.17. The molecule has 13 heteroatoms. The summed E-state index contributed by atoms with van der Waals surface area (Å²) >= 11 is 0.698. The Morgan fingerprint density at radius 3 is 2.39 bits per heavy atom. The Morgan fingerprint density at radius 1 is 1.39 bits per heavy atom. The summed E-state index contributed by atoms with van der Waals surface area (Å²) in [6, 6.07) is 0. The lowest BCUT2D eigenvalue weighted by Crippen LogP contribution is -2.65. The van der Waals surface area contributed by atoms with Crippen LogP contribution in [0, 0.1) is 0 Å². The average Bonchev–Trinajstić information content (AvgIpc) is 2.61. The SMILES string of the molecule is CC(C)(C)NS(=O)(=O)N(C1(O)SCCN1CCCF)S(N)(=O)=O. The molecule has 0 spiro atoms. The van der Waals surface area contributed by atoms with Crippen molar-refractivity contribution in [1.29, 1.82) is 0 Å². The molecule has 0 aliphatic carbocycles. The van der Waals surface area contributed by atoms with Gasteiger partial charge in [0.2, 0.25) is 0 Å². The lowest BCUT2D eigenvalue weighted by molar-refractivity contribution is -0.0663. The molecule has 0 saturated carbocycles. The molecule has 1 fully saturated rings. The average molecular weight is 395 g/mol. The molecular weight excluding hydrogens is 371 g/mol. The van der Waals surface area contributed by atoms with Gasteiger partial charge in [0.25, 0.3) is 25.6 Å². The first-order chi connectivity index (χ1) is 10.2. The van der Waals surface area contributed by atoms with E-state index in [0.717, 1.165) is 0 Å². The molecule has 1 unspecified atom stereocenters. The number of nitrogens with two attached hydrogens (primary N) is 1. The van der Waals surface area contributed by atoms with Crippen LogP contribution in [0.4, 0.5) is 4.39 Å². The second kappa shape index (κ2) is 7.07. The first-order valence-corrected chi connectivity index (χ1v) is 10.7. The number of thioether (sulfide) groups is 1. The molecule has 138 valence electrons. The number of nitrogens with zero attached hydrogens (tertiary/aromatic N) is 2. The molecule has 0 radical (unpaired) electrons. The van der Waals surface area contributed by atoms with Crippen LogP contribution in [-0.4, -0.2) is 66.8 Å². The lowest BCUT2D eigenvalue weighted by Gasteiger charge is -2.39. The largest absolute Gasteiger partial charge is 0.353 e. The van der Waals surface area contributed by atoms with Gasteiger partial charge in [-0.3, -0.25) is 9.29 Å². The van der Waals surface area contributed by atoms with Crippen LogP contribution >= 0.6 is 11.8 Å². The lowest BCUT2D eigenvalue weighted by atomic mass is 10.1. The highest BCUT2D eigenvalue weighted by atomic mass is 32.3. The Bertz CT molecular complexity index is 621. The standard InChI is InChI=1S/C10H23FN4O5S3/c1-9(2,3)13-23(19,20)15(22(12,17)18)10(16)14(6-4-5-11)7-8-21-10/h13,16H,4-8H2,1-3H3,(H2,12,17,18). The zero-order chi connectivity index (χ0) is 18.1. The van der Waals surface area contributed by atoms with E-state index in [0.29, 0.717) is 11.8 Å². The molecule has 9 nitrogen and oxygen atoms in total. The van der Waals surface area contributed by atoms with Gasteiger partial charge in [0.1, 0.15) is 0 Å². The number of nitrogens with one attached hydrogen (secondary N) is 1. The summed E-state index contributed by atoms with van der Waals surface area (Å²) in [5, 5.41) is 13.3. The minimum absolute atomic E-state index is 0.0168. The van der Waals surface area contributed by atoms with E-state index in [-0.39, 0.29) is 29.0 Å². The topological polar surface area (TPSA) is 133 Å². The van der Waals surface area contributed by atoms with Gasteiger partial charge < -0.3 is 5.11 Å². The third-order valence-corrected chi connectivity index (χ3v) is 7.69. The molecule has 0 aromatic rings. The third kappa shape index (κ3) is 5.22. The van der Waals surface area contributed by atoms with Crippen LogP contribution in [0.5, 0.6) is 0 Å². The summed E-state index contributed by atoms with van der Waals surface area (Å²) in [6.45, 7) is 4.03. The van der Waals surface area contributed by atoms with Crippen molar-refractivity contribution in [2.75, 3.05) is 25.5 Å². The van der Waals surface area contributed by atoms with Gasteiger partial charge in [0, 0.05) is 24.4 Å². The Labute approximate surface area is 140 Å². The Balaban J connectivity index is 3.32. The van der Waals surface area contributed by atoms with Crippen LogP contribution in [0.15, 0.2) is 0 Å². The van der Waals surface area contributed by atoms with E-state index in [4.69, 9.17) is 5.14 Å². The monoisotopic (exact) mass is 394 g/mol. The maximum atomic E-state index is 12.5. The number of halogens is 1. The zero-order valence-corrected chi connectivity index (χ0v) is 15.6. The molecule has 1 atom stereocenters. The van der Waals surface area contributed by atoms with Gasteiger partial charge >= 0.3 is 0 Å². The van der Waals surface area contributed by atoms with Gasteiger partial charge in [0.05, 0.1) is 6.67 Å². The number of aliphatic hydroxyl groups is 1. The van der Waals surface area contributed by atoms with E-state index in [9.17, 15) is 26.3 Å². The van der Waals surface area contributed by atoms with E-state index in [2.05, 4.69) is 4.72 Å². The molecule has 1 aliphatic rings. The first kappa shape index (κ1) is 21.0. The Hall–Kier alpha value is -0.0200. The van der Waals surface area contributed by atoms with Gasteiger partial charge in [-0.25, -0.2) is 5.14 Å². The predicted molar refractivity (Wildman–Crippen MR) is 86.3 cm³/mol. The third-order valence-electron chi connectivity index (χ3n) is 2.75. The number of alkyl halides is 1. The van der Waals surface area contributed by atoms with E-state index in [1.165, 1.54) is 25.7 Å². The molecular formula is C10H23FN4O5S3. The summed E-state index contributed by atoms with van der Waals surface area (Å²) in [6.07, 6.45) is 0.0219. The molecule has 1 heterocycles. The van der Waals surface area contributed by atoms with Crippen LogP contribution in [-0.2, 0) is 20.4 Å². The Morgan fingerprint density at radius 2 is 1.96 bits per heavy atom. The number of rotatable bonds is 7. The minimum atomic E-state index is -4.82. The number of hydrogen-bond donors (Lipinski definition) is 3. The predicted octanol–water partition coefficient (Wildman–Crippen LogP) is -0.863. The van der Waals surface area contributed by atoms with Crippen molar-refractivity contribution >= 4 is 32.2 Å². The second-order valence-electron chi connectivity index (χ2n) is 6.05. The molecule has 0 aromatic heterocycles. The minimum Gasteiger partial charge on any atom is -0.353 e. The zero-order valence-electron chi connectivity index (χ0n) is 13.2. The van der Waals surface area contributed by atoms with Crippen molar-refractivity contribution in [2.24, 2.45) is 5.14 Å². The Kier molecular flexibility index (Phi) is 6.47. The van der Waals surface area contributed by atoms with E-state index >= 15 is 0 Å². The molecule has 1 rings (SSSR count). The van der Waals surface area contributed by atoms with Crippen LogP contribution in [0.1, 0.15) is 27.2 Å². The molecule has 0 bridgehead atoms. The van der Waals surface area contributed by atoms with Crippen molar-refractivity contribution in [3.63, 3.8) is 0 Å². The molecule has 1 aliphatic heterocycles. The summed E-state index contributed by atoms with van der Waals surface area (Å²) in [7, 11) is -9.49. The van der Waals surface area contributed by atoms with Crippen LogP contribution in [0.3, 0.4) is 0 Å². The fraction of sp³-hybridized carbons (Fsp3) is 1.00.